The zero-order chi connectivity index (χ0) is 20.1. The molecule has 152 valence electrons. The van der Waals surface area contributed by atoms with Crippen molar-refractivity contribution >= 4 is 11.8 Å². The second-order valence-electron chi connectivity index (χ2n) is 8.34. The number of amidine groups is 1. The molecule has 0 aliphatic rings. The molecule has 0 saturated heterocycles. The van der Waals surface area contributed by atoms with Gasteiger partial charge in [0.2, 0.25) is 5.96 Å². The van der Waals surface area contributed by atoms with Crippen LogP contribution in [-0.4, -0.2) is 23.9 Å². The van der Waals surface area contributed by atoms with Gasteiger partial charge in [0.15, 0.2) is 0 Å². The summed E-state index contributed by atoms with van der Waals surface area (Å²) in [5, 5.41) is 6.81. The molecule has 0 heterocycles. The Morgan fingerprint density at radius 1 is 0.926 bits per heavy atom. The van der Waals surface area contributed by atoms with Crippen molar-refractivity contribution in [3.05, 3.63) is 35.4 Å². The van der Waals surface area contributed by atoms with Gasteiger partial charge in [-0.05, 0) is 46.6 Å². The van der Waals surface area contributed by atoms with Crippen LogP contribution in [0.4, 0.5) is 0 Å². The number of nitrogens with one attached hydrogen (secondary N) is 2. The van der Waals surface area contributed by atoms with Gasteiger partial charge in [-0.1, -0.05) is 68.9 Å². The average Bonchev–Trinajstić information content (AvgIpc) is 2.59. The van der Waals surface area contributed by atoms with Gasteiger partial charge in [-0.3, -0.25) is 0 Å². The van der Waals surface area contributed by atoms with E-state index in [4.69, 9.17) is 4.99 Å². The number of hydrogen-bond acceptors (Lipinski definition) is 1. The van der Waals surface area contributed by atoms with Crippen molar-refractivity contribution < 1.29 is 0 Å². The number of rotatable bonds is 9. The maximum Gasteiger partial charge on any atom is 0.220 e. The predicted molar refractivity (Wildman–Crippen MR) is 120 cm³/mol. The smallest absolute Gasteiger partial charge is 0.220 e. The topological polar surface area (TPSA) is 48.8 Å². The fourth-order valence-electron chi connectivity index (χ4n) is 2.66. The highest BCUT2D eigenvalue weighted by Gasteiger charge is 2.10. The van der Waals surface area contributed by atoms with Crippen molar-refractivity contribution in [1.82, 2.24) is 10.6 Å². The first kappa shape index (κ1) is 23.2. The van der Waals surface area contributed by atoms with Gasteiger partial charge in [-0.15, -0.1) is 0 Å². The molecule has 0 unspecified atom stereocenters. The Hall–Kier alpha value is -1.84. The van der Waals surface area contributed by atoms with Gasteiger partial charge in [0.25, 0.3) is 0 Å². The van der Waals surface area contributed by atoms with E-state index < -0.39 is 0 Å². The van der Waals surface area contributed by atoms with E-state index in [-0.39, 0.29) is 5.54 Å². The fraction of sp³-hybridized carbons (Fsp3) is 0.652. The molecule has 4 heteroatoms. The molecule has 0 amide bonds. The van der Waals surface area contributed by atoms with Gasteiger partial charge in [-0.25, -0.2) is 9.98 Å². The standard InChI is InChI=1S/C23H40N4/c1-7-8-9-10-11-12-17-24-22(27-23(4,5)6)26-20(3)25-18-21-15-13-19(2)14-16-21/h13-16H,7-12,17-18H2,1-6H3,(H2,24,25,26,27). The molecule has 0 atom stereocenters. The van der Waals surface area contributed by atoms with Gasteiger partial charge in [0.1, 0.15) is 5.84 Å². The van der Waals surface area contributed by atoms with Crippen LogP contribution in [0.2, 0.25) is 0 Å². The molecule has 0 radical (unpaired) electrons. The summed E-state index contributed by atoms with van der Waals surface area (Å²) >= 11 is 0. The molecule has 0 aliphatic heterocycles. The van der Waals surface area contributed by atoms with E-state index in [0.29, 0.717) is 0 Å². The zero-order valence-electron chi connectivity index (χ0n) is 18.4. The fourth-order valence-corrected chi connectivity index (χ4v) is 2.66. The number of hydrogen-bond donors (Lipinski definition) is 2. The number of nitrogens with zero attached hydrogens (tertiary/aromatic N) is 2. The molecule has 0 bridgehead atoms. The van der Waals surface area contributed by atoms with Crippen LogP contribution >= 0.6 is 0 Å². The van der Waals surface area contributed by atoms with Crippen LogP contribution in [0.1, 0.15) is 84.3 Å². The first-order chi connectivity index (χ1) is 12.8. The van der Waals surface area contributed by atoms with Crippen LogP contribution in [0.5, 0.6) is 0 Å². The average molecular weight is 373 g/mol. The van der Waals surface area contributed by atoms with Gasteiger partial charge in [0.05, 0.1) is 5.54 Å². The minimum Gasteiger partial charge on any atom is -0.370 e. The van der Waals surface area contributed by atoms with Crippen LogP contribution < -0.4 is 10.6 Å². The normalized spacial score (nSPS) is 13.0. The quantitative estimate of drug-likeness (QED) is 0.336. The summed E-state index contributed by atoms with van der Waals surface area (Å²) in [5.41, 5.74) is 2.39. The number of benzene rings is 1. The van der Waals surface area contributed by atoms with Crippen molar-refractivity contribution in [2.24, 2.45) is 9.98 Å². The Balaban J connectivity index is 2.53. The largest absolute Gasteiger partial charge is 0.370 e. The van der Waals surface area contributed by atoms with Crippen LogP contribution in [0, 0.1) is 6.92 Å². The highest BCUT2D eigenvalue weighted by atomic mass is 15.2. The van der Waals surface area contributed by atoms with Crippen molar-refractivity contribution in [1.29, 1.82) is 0 Å². The third kappa shape index (κ3) is 12.2. The summed E-state index contributed by atoms with van der Waals surface area (Å²) in [6.45, 7) is 14.4. The maximum absolute atomic E-state index is 4.74. The lowest BCUT2D eigenvalue weighted by atomic mass is 10.1. The van der Waals surface area contributed by atoms with Gasteiger partial charge >= 0.3 is 0 Å². The molecule has 27 heavy (non-hydrogen) atoms. The Morgan fingerprint density at radius 3 is 2.19 bits per heavy atom. The Labute approximate surface area is 167 Å². The van der Waals surface area contributed by atoms with Gasteiger partial charge in [0, 0.05) is 13.1 Å². The third-order valence-electron chi connectivity index (χ3n) is 4.20. The van der Waals surface area contributed by atoms with Crippen molar-refractivity contribution in [2.75, 3.05) is 6.54 Å². The van der Waals surface area contributed by atoms with E-state index in [9.17, 15) is 0 Å². The Bertz CT molecular complexity index is 579. The number of aliphatic imine (C=N–C) groups is 2. The highest BCUT2D eigenvalue weighted by Crippen LogP contribution is 2.08. The second kappa shape index (κ2) is 12.5. The lowest BCUT2D eigenvalue weighted by Crippen LogP contribution is -2.30. The number of aryl methyl sites for hydroxylation is 1. The van der Waals surface area contributed by atoms with Crippen LogP contribution in [0.3, 0.4) is 0 Å². The summed E-state index contributed by atoms with van der Waals surface area (Å²) in [5.74, 6) is 1.61. The molecule has 2 N–H and O–H groups in total. The molecule has 1 aromatic rings. The SMILES string of the molecule is CCCCCCCCNC(=N/C(C)(C)C)/N=C(\C)NCc1ccc(C)cc1. The number of guanidine groups is 1. The highest BCUT2D eigenvalue weighted by molar-refractivity contribution is 5.94. The van der Waals surface area contributed by atoms with Crippen LogP contribution in [-0.2, 0) is 6.54 Å². The molecule has 4 nitrogen and oxygen atoms in total. The van der Waals surface area contributed by atoms with E-state index in [0.717, 1.165) is 31.3 Å². The van der Waals surface area contributed by atoms with E-state index in [1.807, 2.05) is 6.92 Å². The Morgan fingerprint density at radius 2 is 1.56 bits per heavy atom. The lowest BCUT2D eigenvalue weighted by Gasteiger charge is -2.16. The number of unbranched alkanes of at least 4 members (excludes halogenated alkanes) is 5. The molecule has 0 saturated carbocycles. The van der Waals surface area contributed by atoms with Crippen molar-refractivity contribution in [3.8, 4) is 0 Å². The molecule has 1 aromatic carbocycles. The summed E-state index contributed by atoms with van der Waals surface area (Å²) < 4.78 is 0. The van der Waals surface area contributed by atoms with Gasteiger partial charge < -0.3 is 10.6 Å². The molecular weight excluding hydrogens is 332 g/mol. The third-order valence-corrected chi connectivity index (χ3v) is 4.20. The molecule has 0 aliphatic carbocycles. The molecule has 0 aromatic heterocycles. The second-order valence-corrected chi connectivity index (χ2v) is 8.34. The summed E-state index contributed by atoms with van der Waals surface area (Å²) in [6.07, 6.45) is 7.74. The van der Waals surface area contributed by atoms with E-state index >= 15 is 0 Å². The Kier molecular flexibility index (Phi) is 10.8. The minimum atomic E-state index is -0.149. The molecule has 0 fully saturated rings. The van der Waals surface area contributed by atoms with Gasteiger partial charge in [-0.2, -0.15) is 0 Å². The molecule has 1 rings (SSSR count). The summed E-state index contributed by atoms with van der Waals surface area (Å²) in [7, 11) is 0. The maximum atomic E-state index is 4.74. The first-order valence-corrected chi connectivity index (χ1v) is 10.5. The minimum absolute atomic E-state index is 0.149. The van der Waals surface area contributed by atoms with E-state index in [2.05, 4.69) is 74.5 Å². The van der Waals surface area contributed by atoms with Crippen LogP contribution in [0.15, 0.2) is 34.3 Å². The molecule has 0 spiro atoms. The van der Waals surface area contributed by atoms with E-state index in [1.165, 1.54) is 43.2 Å². The lowest BCUT2D eigenvalue weighted by molar-refractivity contribution is 0.572. The first-order valence-electron chi connectivity index (χ1n) is 10.5. The van der Waals surface area contributed by atoms with Crippen molar-refractivity contribution in [3.63, 3.8) is 0 Å². The summed E-state index contributed by atoms with van der Waals surface area (Å²) in [4.78, 5) is 9.43. The monoisotopic (exact) mass is 372 g/mol. The van der Waals surface area contributed by atoms with Crippen LogP contribution in [0.25, 0.3) is 0 Å². The predicted octanol–water partition coefficient (Wildman–Crippen LogP) is 5.61. The van der Waals surface area contributed by atoms with E-state index in [1.54, 1.807) is 0 Å². The molecular formula is C23H40N4. The summed E-state index contributed by atoms with van der Waals surface area (Å²) in [6, 6.07) is 8.57. The zero-order valence-corrected chi connectivity index (χ0v) is 18.4. The van der Waals surface area contributed by atoms with Crippen molar-refractivity contribution in [2.45, 2.75) is 92.2 Å².